The van der Waals surface area contributed by atoms with Crippen molar-refractivity contribution >= 4 is 38.8 Å². The predicted octanol–water partition coefficient (Wildman–Crippen LogP) is 12.6. The summed E-state index contributed by atoms with van der Waals surface area (Å²) in [5.41, 5.74) is 14.6. The number of nitrogens with zero attached hydrogens (tertiary/aromatic N) is 8. The number of imidazole rings is 1. The lowest BCUT2D eigenvalue weighted by molar-refractivity contribution is 0.0698. The van der Waals surface area contributed by atoms with Gasteiger partial charge in [-0.2, -0.15) is 10.2 Å². The number of aromatic carboxylic acids is 1. The van der Waals surface area contributed by atoms with Crippen molar-refractivity contribution in [1.29, 1.82) is 0 Å². The molecule has 0 radical (unpaired) electrons. The number of rotatable bonds is 8. The van der Waals surface area contributed by atoms with E-state index in [2.05, 4.69) is 65.0 Å². The minimum Gasteiger partial charge on any atom is -0.478 e. The van der Waals surface area contributed by atoms with Crippen molar-refractivity contribution in [1.82, 2.24) is 39.1 Å². The number of para-hydroxylation sites is 2. The van der Waals surface area contributed by atoms with Crippen molar-refractivity contribution in [3.8, 4) is 56.3 Å². The van der Waals surface area contributed by atoms with Crippen LogP contribution >= 0.6 is 0 Å². The third-order valence-electron chi connectivity index (χ3n) is 13.1. The van der Waals surface area contributed by atoms with Crippen molar-refractivity contribution in [3.05, 3.63) is 162 Å². The Morgan fingerprint density at radius 3 is 1.94 bits per heavy atom. The first-order chi connectivity index (χ1) is 31.2. The summed E-state index contributed by atoms with van der Waals surface area (Å²) in [6.07, 6.45) is 7.19. The van der Waals surface area contributed by atoms with Gasteiger partial charge in [-0.15, -0.1) is 0 Å². The average Bonchev–Trinajstić information content (AvgIpc) is 3.96. The number of aryl methyl sites for hydroxylation is 2. The van der Waals surface area contributed by atoms with Gasteiger partial charge < -0.3 is 9.67 Å². The molecular weight excluding hydrogens is 793 g/mol. The van der Waals surface area contributed by atoms with E-state index in [4.69, 9.17) is 20.2 Å². The maximum absolute atomic E-state index is 14.0. The predicted molar refractivity (Wildman–Crippen MR) is 254 cm³/mol. The van der Waals surface area contributed by atoms with E-state index >= 15 is 0 Å². The van der Waals surface area contributed by atoms with Gasteiger partial charge in [-0.25, -0.2) is 24.1 Å². The number of fused-ring (bicyclic) bond motifs is 3. The second-order valence-electron chi connectivity index (χ2n) is 17.0. The Kier molecular flexibility index (Phi) is 9.52. The minimum atomic E-state index is -1.02. The lowest BCUT2D eigenvalue weighted by atomic mass is 9.88. The van der Waals surface area contributed by atoms with Crippen molar-refractivity contribution in [2.45, 2.75) is 65.8 Å². The second kappa shape index (κ2) is 15.6. The minimum absolute atomic E-state index is 0.170. The quantitative estimate of drug-likeness (QED) is 0.162. The van der Waals surface area contributed by atoms with Crippen LogP contribution in [0.5, 0.6) is 0 Å². The fourth-order valence-electron chi connectivity index (χ4n) is 10.2. The van der Waals surface area contributed by atoms with Gasteiger partial charge in [0, 0.05) is 56.5 Å². The van der Waals surface area contributed by atoms with Crippen LogP contribution in [0.2, 0.25) is 0 Å². The highest BCUT2D eigenvalue weighted by atomic mass is 16.4. The molecule has 5 aromatic carbocycles. The monoisotopic (exact) mass is 838 g/mol. The van der Waals surface area contributed by atoms with Crippen LogP contribution in [0.1, 0.15) is 71.3 Å². The molecule has 11 rings (SSSR count). The zero-order valence-electron chi connectivity index (χ0n) is 36.2. The molecule has 1 fully saturated rings. The molecule has 0 unspecified atom stereocenters. The summed E-state index contributed by atoms with van der Waals surface area (Å²) in [5, 5.41) is 23.2. The Hall–Kier alpha value is -7.72. The van der Waals surface area contributed by atoms with Crippen LogP contribution in [0.25, 0.3) is 89.1 Å². The summed E-state index contributed by atoms with van der Waals surface area (Å²) in [5.74, 6) is -0.208. The highest BCUT2D eigenvalue weighted by Crippen LogP contribution is 2.46. The molecule has 5 aromatic heterocycles. The van der Waals surface area contributed by atoms with E-state index in [1.54, 1.807) is 6.20 Å². The standard InChI is InChI=1S/C54H46N8O2/c1-32-48(34(3)61(58-32)41-18-10-6-11-19-41)43-31-47-52(50(51(43)54(63)64)38-23-25-44-36(29-38)15-14-28-55-44)57-53(60(47)40-16-8-5-9-17-40)39-24-26-45-37(30-39)22-27-46(56-45)49-33(2)59-62(35(49)4)42-20-12-7-13-21-42/h6-7,10-15,18-31,40H,5,8-9,16-17H2,1-4H3,(H,63,64). The summed E-state index contributed by atoms with van der Waals surface area (Å²) < 4.78 is 6.31. The number of carboxylic acids is 1. The molecule has 5 heterocycles. The number of hydrogen-bond donors (Lipinski definition) is 1. The number of hydrogen-bond acceptors (Lipinski definition) is 6. The van der Waals surface area contributed by atoms with Crippen LogP contribution in [-0.4, -0.2) is 50.2 Å². The second-order valence-corrected chi connectivity index (χ2v) is 17.0. The molecule has 0 saturated heterocycles. The van der Waals surface area contributed by atoms with Crippen molar-refractivity contribution < 1.29 is 9.90 Å². The average molecular weight is 839 g/mol. The first-order valence-corrected chi connectivity index (χ1v) is 22.1. The number of carboxylic acid groups (broad SMARTS) is 1. The fraction of sp³-hybridized carbons (Fsp3) is 0.185. The first-order valence-electron chi connectivity index (χ1n) is 22.1. The molecule has 64 heavy (non-hydrogen) atoms. The summed E-state index contributed by atoms with van der Waals surface area (Å²) >= 11 is 0. The Balaban J connectivity index is 1.15. The number of pyridine rings is 2. The van der Waals surface area contributed by atoms with E-state index in [1.807, 2.05) is 109 Å². The molecule has 10 nitrogen and oxygen atoms in total. The lowest BCUT2D eigenvalue weighted by Crippen LogP contribution is -2.14. The third kappa shape index (κ3) is 6.47. The van der Waals surface area contributed by atoms with E-state index < -0.39 is 5.97 Å². The van der Waals surface area contributed by atoms with Gasteiger partial charge in [0.1, 0.15) is 5.82 Å². The highest BCUT2D eigenvalue weighted by molar-refractivity contribution is 6.13. The Morgan fingerprint density at radius 1 is 0.609 bits per heavy atom. The molecule has 0 spiro atoms. The molecular formula is C54H46N8O2. The molecule has 0 atom stereocenters. The van der Waals surface area contributed by atoms with Crippen LogP contribution in [0, 0.1) is 27.7 Å². The Bertz CT molecular complexity index is 3450. The van der Waals surface area contributed by atoms with Crippen molar-refractivity contribution in [3.63, 3.8) is 0 Å². The summed E-state index contributed by atoms with van der Waals surface area (Å²) in [6, 6.07) is 43.0. The third-order valence-corrected chi connectivity index (χ3v) is 13.1. The maximum atomic E-state index is 14.0. The van der Waals surface area contributed by atoms with Gasteiger partial charge >= 0.3 is 5.97 Å². The van der Waals surface area contributed by atoms with Crippen molar-refractivity contribution in [2.75, 3.05) is 0 Å². The number of carbonyl (C=O) groups is 1. The Labute approximate surface area is 370 Å². The highest BCUT2D eigenvalue weighted by Gasteiger charge is 2.31. The number of benzene rings is 5. The van der Waals surface area contributed by atoms with Gasteiger partial charge in [0.15, 0.2) is 0 Å². The van der Waals surface area contributed by atoms with Crippen LogP contribution in [0.15, 0.2) is 134 Å². The molecule has 314 valence electrons. The van der Waals surface area contributed by atoms with E-state index in [0.29, 0.717) is 16.6 Å². The van der Waals surface area contributed by atoms with Gasteiger partial charge in [-0.3, -0.25) is 4.98 Å². The largest absolute Gasteiger partial charge is 0.478 e. The van der Waals surface area contributed by atoms with Crippen LogP contribution in [-0.2, 0) is 0 Å². The van der Waals surface area contributed by atoms with E-state index in [9.17, 15) is 9.90 Å². The maximum Gasteiger partial charge on any atom is 0.337 e. The molecule has 1 aliphatic rings. The van der Waals surface area contributed by atoms with Crippen LogP contribution in [0.4, 0.5) is 0 Å². The molecule has 1 saturated carbocycles. The number of aromatic nitrogens is 8. The topological polar surface area (TPSA) is 117 Å². The zero-order valence-corrected chi connectivity index (χ0v) is 36.2. The van der Waals surface area contributed by atoms with Crippen molar-refractivity contribution in [2.24, 2.45) is 0 Å². The van der Waals surface area contributed by atoms with E-state index in [0.717, 1.165) is 121 Å². The molecule has 10 aromatic rings. The zero-order chi connectivity index (χ0) is 43.6. The van der Waals surface area contributed by atoms with Gasteiger partial charge in [0.05, 0.1) is 61.8 Å². The molecule has 10 heteroatoms. The fourth-order valence-corrected chi connectivity index (χ4v) is 10.2. The summed E-state index contributed by atoms with van der Waals surface area (Å²) in [6.45, 7) is 8.12. The Morgan fingerprint density at radius 2 is 1.23 bits per heavy atom. The smallest absolute Gasteiger partial charge is 0.337 e. The molecule has 1 aliphatic carbocycles. The molecule has 1 N–H and O–H groups in total. The van der Waals surface area contributed by atoms with Gasteiger partial charge in [0.25, 0.3) is 0 Å². The lowest BCUT2D eigenvalue weighted by Gasteiger charge is -2.26. The van der Waals surface area contributed by atoms with Crippen LogP contribution in [0.3, 0.4) is 0 Å². The van der Waals surface area contributed by atoms with Gasteiger partial charge in [-0.05, 0) is 119 Å². The molecule has 0 aliphatic heterocycles. The van der Waals surface area contributed by atoms with E-state index in [1.165, 1.54) is 6.42 Å². The SMILES string of the molecule is Cc1nn(-c2ccccc2)c(C)c1-c1ccc2cc(-c3nc4c(-c5ccc6ncccc6c5)c(C(=O)O)c(-c5c(C)nn(-c6ccccc6)c5C)cc4n3C3CCCCC3)ccc2n1. The molecule has 0 bridgehead atoms. The molecule has 0 amide bonds. The van der Waals surface area contributed by atoms with Gasteiger partial charge in [0.2, 0.25) is 0 Å². The normalized spacial score (nSPS) is 13.4. The summed E-state index contributed by atoms with van der Waals surface area (Å²) in [7, 11) is 0. The summed E-state index contributed by atoms with van der Waals surface area (Å²) in [4.78, 5) is 29.3. The van der Waals surface area contributed by atoms with Gasteiger partial charge in [-0.1, -0.05) is 73.9 Å². The van der Waals surface area contributed by atoms with Crippen LogP contribution < -0.4 is 0 Å². The first kappa shape index (κ1) is 39.1. The van der Waals surface area contributed by atoms with E-state index in [-0.39, 0.29) is 11.6 Å².